The molecule has 0 radical (unpaired) electrons. The van der Waals surface area contributed by atoms with Crippen molar-refractivity contribution < 1.29 is 9.53 Å². The molecule has 1 saturated carbocycles. The Labute approximate surface area is 127 Å². The van der Waals surface area contributed by atoms with E-state index >= 15 is 0 Å². The normalized spacial score (nSPS) is 28.9. The third kappa shape index (κ3) is 2.34. The molecule has 1 saturated heterocycles. The van der Waals surface area contributed by atoms with Gasteiger partial charge in [0.2, 0.25) is 0 Å². The summed E-state index contributed by atoms with van der Waals surface area (Å²) in [5.41, 5.74) is 0.373. The highest BCUT2D eigenvalue weighted by atomic mass is 16.5. The van der Waals surface area contributed by atoms with E-state index in [2.05, 4.69) is 39.8 Å². The molecule has 1 aromatic rings. The van der Waals surface area contributed by atoms with Gasteiger partial charge in [-0.15, -0.1) is 0 Å². The molecule has 1 aliphatic carbocycles. The van der Waals surface area contributed by atoms with Crippen LogP contribution in [0.4, 0.5) is 0 Å². The van der Waals surface area contributed by atoms with Crippen molar-refractivity contribution in [3.63, 3.8) is 0 Å². The molecule has 2 heteroatoms. The molecular weight excluding hydrogens is 260 g/mol. The average molecular weight is 286 g/mol. The van der Waals surface area contributed by atoms with Crippen molar-refractivity contribution >= 4 is 5.78 Å². The number of ketones is 1. The van der Waals surface area contributed by atoms with Crippen LogP contribution in [0, 0.1) is 5.92 Å². The van der Waals surface area contributed by atoms with Crippen LogP contribution in [-0.2, 0) is 14.9 Å². The van der Waals surface area contributed by atoms with Gasteiger partial charge < -0.3 is 4.74 Å². The number of ether oxygens (including phenoxy) is 1. The Morgan fingerprint density at radius 2 is 1.71 bits per heavy atom. The maximum Gasteiger partial charge on any atom is 0.149 e. The highest BCUT2D eigenvalue weighted by Gasteiger charge is 2.56. The second kappa shape index (κ2) is 4.67. The lowest BCUT2D eigenvalue weighted by Gasteiger charge is -2.44. The molecule has 0 N–H and O–H groups in total. The smallest absolute Gasteiger partial charge is 0.149 e. The molecule has 1 aromatic carbocycles. The number of Topliss-reactive ketones (excluding diaryl/α,β-unsaturated/α-hetero) is 1. The molecule has 2 aliphatic rings. The highest BCUT2D eigenvalue weighted by molar-refractivity contribution is 5.94. The summed E-state index contributed by atoms with van der Waals surface area (Å²) in [7, 11) is 0. The molecule has 114 valence electrons. The van der Waals surface area contributed by atoms with Crippen molar-refractivity contribution in [1.29, 1.82) is 0 Å². The second-order valence-electron chi connectivity index (χ2n) is 7.89. The maximum atomic E-state index is 13.4. The molecule has 0 aromatic heterocycles. The van der Waals surface area contributed by atoms with E-state index < -0.39 is 0 Å². The molecule has 21 heavy (non-hydrogen) atoms. The van der Waals surface area contributed by atoms with E-state index in [9.17, 15) is 4.79 Å². The highest BCUT2D eigenvalue weighted by Crippen LogP contribution is 2.51. The summed E-state index contributed by atoms with van der Waals surface area (Å²) in [6.45, 7) is 8.33. The van der Waals surface area contributed by atoms with Crippen LogP contribution in [0.15, 0.2) is 30.3 Å². The largest absolute Gasteiger partial charge is 0.369 e. The van der Waals surface area contributed by atoms with Gasteiger partial charge in [0.25, 0.3) is 0 Å². The lowest BCUT2D eigenvalue weighted by Crippen LogP contribution is -2.49. The fourth-order valence-electron chi connectivity index (χ4n) is 4.27. The van der Waals surface area contributed by atoms with Crippen LogP contribution in [0.2, 0.25) is 0 Å². The lowest BCUT2D eigenvalue weighted by molar-refractivity contribution is -0.138. The fraction of sp³-hybridized carbons (Fsp3) is 0.632. The van der Waals surface area contributed by atoms with Crippen LogP contribution < -0.4 is 0 Å². The van der Waals surface area contributed by atoms with Gasteiger partial charge in [-0.25, -0.2) is 0 Å². The van der Waals surface area contributed by atoms with Gasteiger partial charge in [0.15, 0.2) is 0 Å². The van der Waals surface area contributed by atoms with Gasteiger partial charge in [0.05, 0.1) is 16.6 Å². The number of benzene rings is 1. The Bertz CT molecular complexity index is 538. The Balaban J connectivity index is 1.94. The first-order chi connectivity index (χ1) is 9.77. The number of hydrogen-bond acceptors (Lipinski definition) is 2. The first-order valence-electron chi connectivity index (χ1n) is 8.07. The van der Waals surface area contributed by atoms with Gasteiger partial charge in [-0.3, -0.25) is 4.79 Å². The van der Waals surface area contributed by atoms with Gasteiger partial charge in [-0.2, -0.15) is 0 Å². The topological polar surface area (TPSA) is 26.3 Å². The first kappa shape index (κ1) is 14.8. The summed E-state index contributed by atoms with van der Waals surface area (Å²) in [5.74, 6) is 0.392. The van der Waals surface area contributed by atoms with Gasteiger partial charge in [0.1, 0.15) is 5.78 Å². The van der Waals surface area contributed by atoms with E-state index in [1.165, 1.54) is 5.56 Å². The fourth-order valence-corrected chi connectivity index (χ4v) is 4.27. The lowest BCUT2D eigenvalue weighted by atomic mass is 9.58. The summed E-state index contributed by atoms with van der Waals surface area (Å²) in [6.07, 6.45) is 3.96. The van der Waals surface area contributed by atoms with Crippen LogP contribution in [0.1, 0.15) is 58.9 Å². The molecule has 1 atom stereocenters. The minimum atomic E-state index is -0.363. The van der Waals surface area contributed by atoms with Gasteiger partial charge >= 0.3 is 0 Å². The molecule has 0 amide bonds. The minimum absolute atomic E-state index is 0.00648. The second-order valence-corrected chi connectivity index (χ2v) is 7.89. The van der Waals surface area contributed by atoms with E-state index in [1.54, 1.807) is 0 Å². The van der Waals surface area contributed by atoms with Gasteiger partial charge in [0, 0.05) is 5.92 Å². The molecule has 2 nitrogen and oxygen atoms in total. The predicted molar refractivity (Wildman–Crippen MR) is 84.3 cm³/mol. The number of carbonyl (C=O) groups is 1. The molecule has 1 aliphatic heterocycles. The van der Waals surface area contributed by atoms with Crippen molar-refractivity contribution in [2.75, 3.05) is 0 Å². The Kier molecular flexibility index (Phi) is 3.29. The van der Waals surface area contributed by atoms with E-state index in [0.29, 0.717) is 5.78 Å². The maximum absolute atomic E-state index is 13.4. The molecule has 0 bridgehead atoms. The quantitative estimate of drug-likeness (QED) is 0.829. The van der Waals surface area contributed by atoms with Crippen molar-refractivity contribution in [3.05, 3.63) is 35.9 Å². The number of hydrogen-bond donors (Lipinski definition) is 0. The van der Waals surface area contributed by atoms with Crippen molar-refractivity contribution in [2.45, 2.75) is 70.0 Å². The Morgan fingerprint density at radius 3 is 2.14 bits per heavy atom. The van der Waals surface area contributed by atoms with Crippen LogP contribution in [0.25, 0.3) is 0 Å². The van der Waals surface area contributed by atoms with E-state index in [4.69, 9.17) is 4.74 Å². The zero-order valence-corrected chi connectivity index (χ0v) is 13.6. The van der Waals surface area contributed by atoms with Gasteiger partial charge in [-0.05, 0) is 52.5 Å². The van der Waals surface area contributed by atoms with Crippen LogP contribution in [0.5, 0.6) is 0 Å². The number of carbonyl (C=O) groups excluding carboxylic acids is 1. The standard InChI is InChI=1S/C19H26O2/c1-17(2)13-15(18(3,4)21-17)16(20)19(11-8-12-19)14-9-6-5-7-10-14/h5-7,9-10,15H,8,11-13H2,1-4H3. The Morgan fingerprint density at radius 1 is 1.10 bits per heavy atom. The monoisotopic (exact) mass is 286 g/mol. The number of rotatable bonds is 3. The third-order valence-corrected chi connectivity index (χ3v) is 5.40. The van der Waals surface area contributed by atoms with Crippen LogP contribution in [-0.4, -0.2) is 17.0 Å². The summed E-state index contributed by atoms with van der Waals surface area (Å²) in [4.78, 5) is 13.4. The van der Waals surface area contributed by atoms with Crippen LogP contribution in [0.3, 0.4) is 0 Å². The molecule has 0 spiro atoms. The van der Waals surface area contributed by atoms with E-state index in [0.717, 1.165) is 25.7 Å². The summed E-state index contributed by atoms with van der Waals surface area (Å²) < 4.78 is 6.15. The molecule has 3 rings (SSSR count). The molecular formula is C19H26O2. The molecule has 1 unspecified atom stereocenters. The van der Waals surface area contributed by atoms with E-state index in [-0.39, 0.29) is 22.5 Å². The van der Waals surface area contributed by atoms with Crippen molar-refractivity contribution in [1.82, 2.24) is 0 Å². The average Bonchev–Trinajstić information content (AvgIpc) is 2.57. The predicted octanol–water partition coefficient (Wildman–Crippen LogP) is 4.27. The first-order valence-corrected chi connectivity index (χ1v) is 8.07. The van der Waals surface area contributed by atoms with Gasteiger partial charge in [-0.1, -0.05) is 36.8 Å². The van der Waals surface area contributed by atoms with Crippen LogP contribution >= 0.6 is 0 Å². The molecule has 2 fully saturated rings. The van der Waals surface area contributed by atoms with Crippen molar-refractivity contribution in [2.24, 2.45) is 5.92 Å². The third-order valence-electron chi connectivity index (χ3n) is 5.40. The summed E-state index contributed by atoms with van der Waals surface area (Å²) >= 11 is 0. The Hall–Kier alpha value is -1.15. The van der Waals surface area contributed by atoms with E-state index in [1.807, 2.05) is 18.2 Å². The SMILES string of the molecule is CC1(C)CC(C(=O)C2(c3ccccc3)CCC2)C(C)(C)O1. The summed E-state index contributed by atoms with van der Waals surface area (Å²) in [6, 6.07) is 10.3. The minimum Gasteiger partial charge on any atom is -0.369 e. The zero-order chi connectivity index (χ0) is 15.3. The molecule has 1 heterocycles. The zero-order valence-electron chi connectivity index (χ0n) is 13.6. The summed E-state index contributed by atoms with van der Waals surface area (Å²) in [5, 5.41) is 0. The van der Waals surface area contributed by atoms with Crippen molar-refractivity contribution in [3.8, 4) is 0 Å².